The third-order valence-corrected chi connectivity index (χ3v) is 6.29. The van der Waals surface area contributed by atoms with Gasteiger partial charge in [0.2, 0.25) is 5.91 Å². The molecule has 31 heavy (non-hydrogen) atoms. The number of alkyl halides is 2. The van der Waals surface area contributed by atoms with Crippen molar-refractivity contribution in [1.82, 2.24) is 24.1 Å². The summed E-state index contributed by atoms with van der Waals surface area (Å²) >= 11 is 6.15. The fourth-order valence-electron chi connectivity index (χ4n) is 4.00. The number of nitrogens with zero attached hydrogens (tertiary/aromatic N) is 5. The molecule has 1 saturated carbocycles. The van der Waals surface area contributed by atoms with Crippen molar-refractivity contribution < 1.29 is 13.6 Å². The lowest BCUT2D eigenvalue weighted by Crippen LogP contribution is -2.24. The van der Waals surface area contributed by atoms with Crippen LogP contribution in [-0.4, -0.2) is 30.0 Å². The van der Waals surface area contributed by atoms with E-state index in [-0.39, 0.29) is 41.4 Å². The van der Waals surface area contributed by atoms with E-state index < -0.39 is 17.9 Å². The van der Waals surface area contributed by atoms with Crippen LogP contribution in [0.2, 0.25) is 5.02 Å². The molecule has 1 N–H and O–H groups in total. The van der Waals surface area contributed by atoms with Gasteiger partial charge in [-0.1, -0.05) is 24.4 Å². The Balaban J connectivity index is 1.61. The summed E-state index contributed by atoms with van der Waals surface area (Å²) in [4.78, 5) is 25.0. The smallest absolute Gasteiger partial charge is 0.264 e. The van der Waals surface area contributed by atoms with E-state index in [1.54, 1.807) is 29.5 Å². The SMILES string of the molecule is Cc1c(Cl)c(NC(=O)CCn2c(=O)cc(C(F)F)c3cn(C4CCCC4)nc32)nn1C. The fourth-order valence-corrected chi connectivity index (χ4v) is 4.21. The maximum atomic E-state index is 13.6. The van der Waals surface area contributed by atoms with Gasteiger partial charge in [-0.3, -0.25) is 23.5 Å². The van der Waals surface area contributed by atoms with Crippen molar-refractivity contribution in [2.45, 2.75) is 58.0 Å². The monoisotopic (exact) mass is 452 g/mol. The van der Waals surface area contributed by atoms with Gasteiger partial charge in [0.25, 0.3) is 12.0 Å². The average Bonchev–Trinajstić information content (AvgIpc) is 3.44. The molecule has 3 heterocycles. The Morgan fingerprint density at radius 3 is 2.65 bits per heavy atom. The summed E-state index contributed by atoms with van der Waals surface area (Å²) in [6, 6.07) is 1.07. The van der Waals surface area contributed by atoms with Gasteiger partial charge < -0.3 is 5.32 Å². The van der Waals surface area contributed by atoms with Crippen LogP contribution in [0.1, 0.15) is 55.8 Å². The normalized spacial score (nSPS) is 14.8. The zero-order chi connectivity index (χ0) is 22.3. The van der Waals surface area contributed by atoms with E-state index >= 15 is 0 Å². The molecule has 11 heteroatoms. The molecular weight excluding hydrogens is 430 g/mol. The molecule has 0 aliphatic heterocycles. The predicted octanol–water partition coefficient (Wildman–Crippen LogP) is 3.97. The maximum Gasteiger partial charge on any atom is 0.264 e. The van der Waals surface area contributed by atoms with Crippen LogP contribution in [0.4, 0.5) is 14.6 Å². The summed E-state index contributed by atoms with van der Waals surface area (Å²) in [7, 11) is 1.71. The van der Waals surface area contributed by atoms with Crippen molar-refractivity contribution in [3.63, 3.8) is 0 Å². The molecule has 0 bridgehead atoms. The number of pyridine rings is 1. The lowest BCUT2D eigenvalue weighted by molar-refractivity contribution is -0.116. The second kappa shape index (κ2) is 8.41. The van der Waals surface area contributed by atoms with Crippen molar-refractivity contribution in [2.75, 3.05) is 5.32 Å². The van der Waals surface area contributed by atoms with Gasteiger partial charge in [0.05, 0.1) is 11.7 Å². The van der Waals surface area contributed by atoms with Crippen molar-refractivity contribution >= 4 is 34.4 Å². The second-order valence-electron chi connectivity index (χ2n) is 7.84. The van der Waals surface area contributed by atoms with E-state index in [1.807, 2.05) is 0 Å². The number of anilines is 1. The van der Waals surface area contributed by atoms with Crippen LogP contribution in [0.3, 0.4) is 0 Å². The van der Waals surface area contributed by atoms with E-state index in [9.17, 15) is 18.4 Å². The van der Waals surface area contributed by atoms with E-state index in [4.69, 9.17) is 11.6 Å². The largest absolute Gasteiger partial charge is 0.308 e. The Kier molecular flexibility index (Phi) is 5.83. The summed E-state index contributed by atoms with van der Waals surface area (Å²) in [6.07, 6.45) is 2.72. The molecule has 0 atom stereocenters. The Hall–Kier alpha value is -2.75. The zero-order valence-electron chi connectivity index (χ0n) is 17.2. The number of carbonyl (C=O) groups is 1. The molecule has 1 fully saturated rings. The molecule has 0 spiro atoms. The molecule has 1 aliphatic carbocycles. The molecule has 0 radical (unpaired) electrons. The highest BCUT2D eigenvalue weighted by atomic mass is 35.5. The summed E-state index contributed by atoms with van der Waals surface area (Å²) < 4.78 is 31.6. The van der Waals surface area contributed by atoms with Gasteiger partial charge in [-0.05, 0) is 19.8 Å². The molecule has 1 aliphatic rings. The van der Waals surface area contributed by atoms with Crippen LogP contribution in [0.15, 0.2) is 17.1 Å². The molecule has 8 nitrogen and oxygen atoms in total. The average molecular weight is 453 g/mol. The molecule has 1 amide bonds. The minimum atomic E-state index is -2.79. The number of hydrogen-bond acceptors (Lipinski definition) is 4. The summed E-state index contributed by atoms with van der Waals surface area (Å²) in [5.41, 5.74) is -0.0659. The zero-order valence-corrected chi connectivity index (χ0v) is 18.0. The van der Waals surface area contributed by atoms with Gasteiger partial charge >= 0.3 is 0 Å². The molecule has 4 rings (SSSR count). The van der Waals surface area contributed by atoms with Crippen molar-refractivity contribution in [1.29, 1.82) is 0 Å². The van der Waals surface area contributed by atoms with Gasteiger partial charge in [-0.2, -0.15) is 10.2 Å². The molecule has 3 aromatic heterocycles. The van der Waals surface area contributed by atoms with Crippen LogP contribution in [0.25, 0.3) is 11.0 Å². The van der Waals surface area contributed by atoms with E-state index in [1.165, 1.54) is 4.57 Å². The second-order valence-corrected chi connectivity index (χ2v) is 8.22. The molecule has 166 valence electrons. The Labute approximate surface area is 181 Å². The topological polar surface area (TPSA) is 86.7 Å². The van der Waals surface area contributed by atoms with Crippen LogP contribution in [-0.2, 0) is 18.4 Å². The molecular formula is C20H23ClF2N6O2. The first-order valence-corrected chi connectivity index (χ1v) is 10.5. The number of rotatable bonds is 6. The van der Waals surface area contributed by atoms with Crippen LogP contribution in [0.5, 0.6) is 0 Å². The van der Waals surface area contributed by atoms with Gasteiger partial charge in [0.1, 0.15) is 5.02 Å². The van der Waals surface area contributed by atoms with E-state index in [0.29, 0.717) is 10.7 Å². The molecule has 3 aromatic rings. The quantitative estimate of drug-likeness (QED) is 0.613. The van der Waals surface area contributed by atoms with Crippen molar-refractivity contribution in [2.24, 2.45) is 7.05 Å². The number of amides is 1. The first kappa shape index (κ1) is 21.5. The van der Waals surface area contributed by atoms with Gasteiger partial charge in [-0.15, -0.1) is 0 Å². The number of aromatic nitrogens is 5. The summed E-state index contributed by atoms with van der Waals surface area (Å²) in [6.45, 7) is 1.77. The van der Waals surface area contributed by atoms with Crippen LogP contribution in [0, 0.1) is 6.92 Å². The first-order valence-electron chi connectivity index (χ1n) is 10.2. The Morgan fingerprint density at radius 1 is 1.32 bits per heavy atom. The Bertz CT molecular complexity index is 1190. The lowest BCUT2D eigenvalue weighted by Gasteiger charge is -2.09. The molecule has 0 aromatic carbocycles. The predicted molar refractivity (Wildman–Crippen MR) is 113 cm³/mol. The van der Waals surface area contributed by atoms with E-state index in [2.05, 4.69) is 15.5 Å². The highest BCUT2D eigenvalue weighted by molar-refractivity contribution is 6.34. The van der Waals surface area contributed by atoms with Gasteiger partial charge in [-0.25, -0.2) is 8.78 Å². The highest BCUT2D eigenvalue weighted by Gasteiger charge is 2.23. The number of aryl methyl sites for hydroxylation is 2. The Morgan fingerprint density at radius 2 is 2.03 bits per heavy atom. The lowest BCUT2D eigenvalue weighted by atomic mass is 10.2. The van der Waals surface area contributed by atoms with E-state index in [0.717, 1.165) is 31.7 Å². The first-order chi connectivity index (χ1) is 14.8. The third-order valence-electron chi connectivity index (χ3n) is 5.84. The summed E-state index contributed by atoms with van der Waals surface area (Å²) in [5, 5.41) is 11.8. The minimum Gasteiger partial charge on any atom is -0.308 e. The number of carbonyl (C=O) groups excluding carboxylic acids is 1. The van der Waals surface area contributed by atoms with Crippen molar-refractivity contribution in [3.8, 4) is 0 Å². The number of fused-ring (bicyclic) bond motifs is 1. The van der Waals surface area contributed by atoms with Crippen LogP contribution < -0.4 is 10.9 Å². The standard InChI is InChI=1S/C20H23ClF2N6O2/c1-11-17(21)19(25-27(11)2)24-15(30)7-8-28-16(31)9-13(18(22)23)14-10-29(26-20(14)28)12-5-3-4-6-12/h9-10,12,18H,3-8H2,1-2H3,(H,24,25,30). The van der Waals surface area contributed by atoms with Gasteiger partial charge in [0.15, 0.2) is 11.5 Å². The summed E-state index contributed by atoms with van der Waals surface area (Å²) in [5.74, 6) is -0.157. The number of hydrogen-bond donors (Lipinski definition) is 1. The molecule has 0 unspecified atom stereocenters. The maximum absolute atomic E-state index is 13.6. The minimum absolute atomic E-state index is 0.00417. The van der Waals surface area contributed by atoms with Crippen molar-refractivity contribution in [3.05, 3.63) is 38.9 Å². The fraction of sp³-hybridized carbons (Fsp3) is 0.500. The van der Waals surface area contributed by atoms with Gasteiger partial charge in [0, 0.05) is 43.2 Å². The third kappa shape index (κ3) is 4.08. The van der Waals surface area contributed by atoms with Crippen LogP contribution >= 0.6 is 11.6 Å². The molecule has 0 saturated heterocycles. The number of halogens is 3. The highest BCUT2D eigenvalue weighted by Crippen LogP contribution is 2.32. The number of nitrogens with one attached hydrogen (secondary N) is 1.